The molecule has 0 unspecified atom stereocenters. The summed E-state index contributed by atoms with van der Waals surface area (Å²) in [5.41, 5.74) is 4.96. The molecule has 0 aromatic rings. The van der Waals surface area contributed by atoms with Gasteiger partial charge in [-0.05, 0) is 13.0 Å². The van der Waals surface area contributed by atoms with E-state index in [1.165, 1.54) is 6.08 Å². The summed E-state index contributed by atoms with van der Waals surface area (Å²) < 4.78 is 0. The van der Waals surface area contributed by atoms with E-state index < -0.39 is 0 Å². The number of hydrogen-bond acceptors (Lipinski definition) is 2. The molecule has 40 valence electrons. The van der Waals surface area contributed by atoms with Crippen molar-refractivity contribution in [1.29, 1.82) is 0 Å². The van der Waals surface area contributed by atoms with Crippen molar-refractivity contribution in [3.63, 3.8) is 0 Å². The second-order valence-electron chi connectivity index (χ2n) is 1.17. The predicted molar refractivity (Wildman–Crippen MR) is 28.9 cm³/mol. The highest BCUT2D eigenvalue weighted by Crippen LogP contribution is 1.69. The first-order valence-electron chi connectivity index (χ1n) is 2.17. The average molecular weight is 99.1 g/mol. The van der Waals surface area contributed by atoms with Crippen LogP contribution in [0.1, 0.15) is 6.92 Å². The van der Waals surface area contributed by atoms with E-state index >= 15 is 0 Å². The number of ketones is 1. The molecule has 0 spiro atoms. The largest absolute Gasteiger partial charge is 0.324 e. The fraction of sp³-hybridized carbons (Fsp3) is 0.400. The fourth-order valence-corrected chi connectivity index (χ4v) is 0.254. The van der Waals surface area contributed by atoms with Crippen LogP contribution >= 0.6 is 0 Å². The first-order valence-corrected chi connectivity index (χ1v) is 2.17. The van der Waals surface area contributed by atoms with Gasteiger partial charge in [0.25, 0.3) is 0 Å². The Morgan fingerprint density at radius 2 is 2.43 bits per heavy atom. The van der Waals surface area contributed by atoms with Crippen LogP contribution in [-0.2, 0) is 4.79 Å². The lowest BCUT2D eigenvalue weighted by Crippen LogP contribution is -2.09. The molecule has 0 bridgehead atoms. The van der Waals surface area contributed by atoms with E-state index in [0.29, 0.717) is 0 Å². The number of nitrogens with two attached hydrogens (primary N) is 1. The maximum Gasteiger partial charge on any atom is 0.168 e. The maximum absolute atomic E-state index is 10.2. The summed E-state index contributed by atoms with van der Waals surface area (Å²) in [6.07, 6.45) is 3.13. The summed E-state index contributed by atoms with van der Waals surface area (Å²) in [4.78, 5) is 10.2. The summed E-state index contributed by atoms with van der Waals surface area (Å²) in [5, 5.41) is 0. The average Bonchev–Trinajstić information content (AvgIpc) is 1.68. The Balaban J connectivity index is 3.37. The zero-order chi connectivity index (χ0) is 5.70. The van der Waals surface area contributed by atoms with Gasteiger partial charge in [-0.15, -0.1) is 0 Å². The van der Waals surface area contributed by atoms with E-state index in [0.717, 1.165) is 0 Å². The molecule has 0 rings (SSSR count). The van der Waals surface area contributed by atoms with Crippen molar-refractivity contribution in [3.05, 3.63) is 12.2 Å². The Labute approximate surface area is 43.0 Å². The zero-order valence-corrected chi connectivity index (χ0v) is 4.35. The lowest BCUT2D eigenvalue weighted by atomic mass is 10.4. The Hall–Kier alpha value is -0.630. The van der Waals surface area contributed by atoms with Crippen LogP contribution in [0.2, 0.25) is 0 Å². The number of hydrogen-bond donors (Lipinski definition) is 1. The topological polar surface area (TPSA) is 43.1 Å². The number of rotatable bonds is 2. The van der Waals surface area contributed by atoms with Crippen LogP contribution in [-0.4, -0.2) is 12.3 Å². The van der Waals surface area contributed by atoms with Gasteiger partial charge in [0.1, 0.15) is 0 Å². The summed E-state index contributed by atoms with van der Waals surface area (Å²) in [6, 6.07) is 0. The Morgan fingerprint density at radius 3 is 2.57 bits per heavy atom. The van der Waals surface area contributed by atoms with Crippen molar-refractivity contribution in [2.75, 3.05) is 6.54 Å². The van der Waals surface area contributed by atoms with Crippen LogP contribution in [0.3, 0.4) is 0 Å². The van der Waals surface area contributed by atoms with Crippen LogP contribution in [0.5, 0.6) is 0 Å². The Kier molecular flexibility index (Phi) is 3.24. The molecule has 0 aliphatic carbocycles. The van der Waals surface area contributed by atoms with E-state index in [2.05, 4.69) is 0 Å². The SMILES string of the molecule is C/C=C\C(=O)CN. The Morgan fingerprint density at radius 1 is 1.86 bits per heavy atom. The molecule has 0 radical (unpaired) electrons. The van der Waals surface area contributed by atoms with Crippen LogP contribution in [0.25, 0.3) is 0 Å². The van der Waals surface area contributed by atoms with E-state index in [4.69, 9.17) is 5.73 Å². The molecule has 0 aromatic carbocycles. The third-order valence-electron chi connectivity index (χ3n) is 0.554. The molecule has 0 aliphatic heterocycles. The van der Waals surface area contributed by atoms with E-state index in [1.54, 1.807) is 13.0 Å². The van der Waals surface area contributed by atoms with Gasteiger partial charge in [0, 0.05) is 0 Å². The minimum absolute atomic E-state index is 0.0255. The Bertz CT molecular complexity index is 86.1. The predicted octanol–water partition coefficient (Wildman–Crippen LogP) is 0.0903. The number of allylic oxidation sites excluding steroid dienone is 1. The molecule has 0 saturated carbocycles. The molecule has 2 heteroatoms. The van der Waals surface area contributed by atoms with Crippen LogP contribution in [0.15, 0.2) is 12.2 Å². The third kappa shape index (κ3) is 3.19. The molecule has 7 heavy (non-hydrogen) atoms. The van der Waals surface area contributed by atoms with Gasteiger partial charge < -0.3 is 5.73 Å². The molecule has 0 fully saturated rings. The normalized spacial score (nSPS) is 10.0. The van der Waals surface area contributed by atoms with Gasteiger partial charge in [-0.2, -0.15) is 0 Å². The number of carbonyl (C=O) groups is 1. The van der Waals surface area contributed by atoms with Gasteiger partial charge in [-0.25, -0.2) is 0 Å². The van der Waals surface area contributed by atoms with Crippen molar-refractivity contribution in [2.45, 2.75) is 6.92 Å². The van der Waals surface area contributed by atoms with Gasteiger partial charge in [0.05, 0.1) is 6.54 Å². The highest BCUT2D eigenvalue weighted by Gasteiger charge is 1.84. The first-order chi connectivity index (χ1) is 3.31. The van der Waals surface area contributed by atoms with Gasteiger partial charge in [-0.1, -0.05) is 6.08 Å². The molecule has 2 N–H and O–H groups in total. The van der Waals surface area contributed by atoms with Crippen LogP contribution in [0.4, 0.5) is 0 Å². The first kappa shape index (κ1) is 6.37. The van der Waals surface area contributed by atoms with Gasteiger partial charge in [-0.3, -0.25) is 4.79 Å². The molecule has 0 atom stereocenters. The monoisotopic (exact) mass is 99.1 g/mol. The number of carbonyl (C=O) groups excluding carboxylic acids is 1. The second-order valence-corrected chi connectivity index (χ2v) is 1.17. The maximum atomic E-state index is 10.2. The lowest BCUT2D eigenvalue weighted by Gasteiger charge is -1.79. The highest BCUT2D eigenvalue weighted by atomic mass is 16.1. The summed E-state index contributed by atoms with van der Waals surface area (Å²) in [5.74, 6) is -0.0255. The van der Waals surface area contributed by atoms with E-state index in [-0.39, 0.29) is 12.3 Å². The van der Waals surface area contributed by atoms with Crippen LogP contribution in [0, 0.1) is 0 Å². The molecular weight excluding hydrogens is 90.1 g/mol. The molecule has 0 aromatic heterocycles. The standard InChI is InChI=1S/C5H9NO/c1-2-3-5(7)4-6/h2-3H,4,6H2,1H3/b3-2-. The van der Waals surface area contributed by atoms with Crippen LogP contribution < -0.4 is 5.73 Å². The highest BCUT2D eigenvalue weighted by molar-refractivity contribution is 5.91. The lowest BCUT2D eigenvalue weighted by molar-refractivity contribution is -0.113. The molecular formula is C5H9NO. The molecule has 0 amide bonds. The minimum Gasteiger partial charge on any atom is -0.324 e. The zero-order valence-electron chi connectivity index (χ0n) is 4.35. The smallest absolute Gasteiger partial charge is 0.168 e. The summed E-state index contributed by atoms with van der Waals surface area (Å²) in [7, 11) is 0. The van der Waals surface area contributed by atoms with Gasteiger partial charge in [0.15, 0.2) is 5.78 Å². The molecule has 2 nitrogen and oxygen atoms in total. The molecule has 0 saturated heterocycles. The van der Waals surface area contributed by atoms with Crippen molar-refractivity contribution in [2.24, 2.45) is 5.73 Å². The quantitative estimate of drug-likeness (QED) is 0.498. The van der Waals surface area contributed by atoms with E-state index in [9.17, 15) is 4.79 Å². The van der Waals surface area contributed by atoms with Gasteiger partial charge in [0.2, 0.25) is 0 Å². The van der Waals surface area contributed by atoms with Gasteiger partial charge >= 0.3 is 0 Å². The summed E-state index contributed by atoms with van der Waals surface area (Å²) in [6.45, 7) is 1.90. The van der Waals surface area contributed by atoms with Crippen molar-refractivity contribution in [3.8, 4) is 0 Å². The molecule has 0 aliphatic rings. The van der Waals surface area contributed by atoms with E-state index in [1.807, 2.05) is 0 Å². The summed E-state index contributed by atoms with van der Waals surface area (Å²) >= 11 is 0. The fourth-order valence-electron chi connectivity index (χ4n) is 0.254. The second kappa shape index (κ2) is 3.56. The van der Waals surface area contributed by atoms with Crippen molar-refractivity contribution >= 4 is 5.78 Å². The third-order valence-corrected chi connectivity index (χ3v) is 0.554. The minimum atomic E-state index is -0.0255. The molecule has 0 heterocycles. The van der Waals surface area contributed by atoms with Crippen molar-refractivity contribution < 1.29 is 4.79 Å². The van der Waals surface area contributed by atoms with Crippen molar-refractivity contribution in [1.82, 2.24) is 0 Å².